The summed E-state index contributed by atoms with van der Waals surface area (Å²) in [6, 6.07) is 0. The van der Waals surface area contributed by atoms with Gasteiger partial charge in [0.25, 0.3) is 0 Å². The molecular formula is C6H10N2O2. The highest BCUT2D eigenvalue weighted by atomic mass is 16.5. The number of hydrogen-bond donors (Lipinski definition) is 0. The quantitative estimate of drug-likeness (QED) is 0.579. The molecule has 0 radical (unpaired) electrons. The third-order valence-electron chi connectivity index (χ3n) is 1.07. The molecule has 0 saturated carbocycles. The Balaban J connectivity index is 2.15. The summed E-state index contributed by atoms with van der Waals surface area (Å²) >= 11 is 0. The second kappa shape index (κ2) is 4.00. The van der Waals surface area contributed by atoms with Gasteiger partial charge in [-0.3, -0.25) is 0 Å². The molecule has 0 N–H and O–H groups in total. The van der Waals surface area contributed by atoms with Crippen molar-refractivity contribution in [3.8, 4) is 0 Å². The van der Waals surface area contributed by atoms with Crippen LogP contribution in [0, 0.1) is 0 Å². The molecule has 56 valence electrons. The minimum atomic E-state index is 0.633. The molecule has 0 fully saturated rings. The smallest absolute Gasteiger partial charge is 0.218 e. The number of nitrogens with zero attached hydrogens (tertiary/aromatic N) is 2. The Morgan fingerprint density at radius 1 is 1.70 bits per heavy atom. The summed E-state index contributed by atoms with van der Waals surface area (Å²) in [5, 5.41) is 7.22. The Morgan fingerprint density at radius 2 is 2.60 bits per heavy atom. The second-order valence-electron chi connectivity index (χ2n) is 1.78. The number of rotatable bonds is 4. The molecule has 0 bridgehead atoms. The van der Waals surface area contributed by atoms with Crippen molar-refractivity contribution in [2.75, 3.05) is 13.2 Å². The van der Waals surface area contributed by atoms with Crippen LogP contribution in [-0.2, 0) is 11.2 Å². The van der Waals surface area contributed by atoms with Crippen LogP contribution in [0.5, 0.6) is 0 Å². The highest BCUT2D eigenvalue weighted by Gasteiger charge is 1.95. The fourth-order valence-electron chi connectivity index (χ4n) is 0.609. The fraction of sp³-hybridized carbons (Fsp3) is 0.667. The van der Waals surface area contributed by atoms with E-state index in [4.69, 9.17) is 9.15 Å². The average Bonchev–Trinajstić information content (AvgIpc) is 2.41. The van der Waals surface area contributed by atoms with E-state index in [-0.39, 0.29) is 0 Å². The van der Waals surface area contributed by atoms with Gasteiger partial charge in [-0.25, -0.2) is 0 Å². The standard InChI is InChI=1S/C6H10N2O2/c1-2-9-4-3-6-8-7-5-10-6/h5H,2-4H2,1H3. The Kier molecular flexibility index (Phi) is 2.89. The molecular weight excluding hydrogens is 132 g/mol. The predicted octanol–water partition coefficient (Wildman–Crippen LogP) is 0.649. The highest BCUT2D eigenvalue weighted by molar-refractivity contribution is 4.71. The van der Waals surface area contributed by atoms with Crippen LogP contribution >= 0.6 is 0 Å². The monoisotopic (exact) mass is 142 g/mol. The lowest BCUT2D eigenvalue weighted by atomic mass is 10.5. The van der Waals surface area contributed by atoms with Crippen molar-refractivity contribution in [2.45, 2.75) is 13.3 Å². The van der Waals surface area contributed by atoms with E-state index in [1.807, 2.05) is 6.92 Å². The van der Waals surface area contributed by atoms with Crippen LogP contribution in [-0.4, -0.2) is 23.4 Å². The molecule has 1 aromatic rings. The van der Waals surface area contributed by atoms with E-state index in [1.165, 1.54) is 6.39 Å². The summed E-state index contributed by atoms with van der Waals surface area (Å²) in [6.45, 7) is 3.33. The molecule has 4 heteroatoms. The first-order valence-electron chi connectivity index (χ1n) is 3.26. The molecule has 0 atom stereocenters. The molecule has 0 aliphatic carbocycles. The van der Waals surface area contributed by atoms with E-state index in [1.54, 1.807) is 0 Å². The summed E-state index contributed by atoms with van der Waals surface area (Å²) in [7, 11) is 0. The molecule has 0 unspecified atom stereocenters. The molecule has 0 spiro atoms. The van der Waals surface area contributed by atoms with Crippen molar-refractivity contribution in [3.63, 3.8) is 0 Å². The SMILES string of the molecule is CCOCCc1nnco1. The van der Waals surface area contributed by atoms with Crippen LogP contribution in [0.15, 0.2) is 10.8 Å². The van der Waals surface area contributed by atoms with Gasteiger partial charge in [0.2, 0.25) is 12.3 Å². The van der Waals surface area contributed by atoms with Crippen molar-refractivity contribution in [1.82, 2.24) is 10.2 Å². The van der Waals surface area contributed by atoms with Gasteiger partial charge in [0.15, 0.2) is 0 Å². The van der Waals surface area contributed by atoms with Crippen LogP contribution in [0.2, 0.25) is 0 Å². The summed E-state index contributed by atoms with van der Waals surface area (Å²) in [5.41, 5.74) is 0. The van der Waals surface area contributed by atoms with Crippen molar-refractivity contribution >= 4 is 0 Å². The largest absolute Gasteiger partial charge is 0.428 e. The van der Waals surface area contributed by atoms with Crippen molar-refractivity contribution < 1.29 is 9.15 Å². The average molecular weight is 142 g/mol. The lowest BCUT2D eigenvalue weighted by Crippen LogP contribution is -1.97. The van der Waals surface area contributed by atoms with Gasteiger partial charge in [-0.05, 0) is 6.92 Å². The third kappa shape index (κ3) is 2.14. The van der Waals surface area contributed by atoms with E-state index >= 15 is 0 Å². The van der Waals surface area contributed by atoms with E-state index in [0.29, 0.717) is 18.9 Å². The fourth-order valence-corrected chi connectivity index (χ4v) is 0.609. The topological polar surface area (TPSA) is 48.2 Å². The van der Waals surface area contributed by atoms with Gasteiger partial charge in [-0.15, -0.1) is 10.2 Å². The number of ether oxygens (including phenoxy) is 1. The molecule has 1 heterocycles. The predicted molar refractivity (Wildman–Crippen MR) is 34.5 cm³/mol. The molecule has 0 aliphatic heterocycles. The second-order valence-corrected chi connectivity index (χ2v) is 1.78. The molecule has 0 aromatic carbocycles. The van der Waals surface area contributed by atoms with Gasteiger partial charge in [0.05, 0.1) is 6.61 Å². The molecule has 1 aromatic heterocycles. The van der Waals surface area contributed by atoms with Crippen LogP contribution < -0.4 is 0 Å². The van der Waals surface area contributed by atoms with Crippen LogP contribution in [0.4, 0.5) is 0 Å². The first kappa shape index (κ1) is 7.21. The normalized spacial score (nSPS) is 10.1. The van der Waals surface area contributed by atoms with Crippen LogP contribution in [0.1, 0.15) is 12.8 Å². The van der Waals surface area contributed by atoms with Gasteiger partial charge >= 0.3 is 0 Å². The summed E-state index contributed by atoms with van der Waals surface area (Å²) in [6.07, 6.45) is 2.02. The minimum Gasteiger partial charge on any atom is -0.428 e. The van der Waals surface area contributed by atoms with Gasteiger partial charge < -0.3 is 9.15 Å². The Labute approximate surface area is 59.2 Å². The van der Waals surface area contributed by atoms with E-state index in [0.717, 1.165) is 6.61 Å². The Hall–Kier alpha value is -0.900. The molecule has 4 nitrogen and oxygen atoms in total. The molecule has 0 aliphatic rings. The van der Waals surface area contributed by atoms with Crippen molar-refractivity contribution in [2.24, 2.45) is 0 Å². The lowest BCUT2D eigenvalue weighted by Gasteiger charge is -1.94. The first-order chi connectivity index (χ1) is 4.93. The lowest BCUT2D eigenvalue weighted by molar-refractivity contribution is 0.146. The van der Waals surface area contributed by atoms with E-state index < -0.39 is 0 Å². The summed E-state index contributed by atoms with van der Waals surface area (Å²) in [4.78, 5) is 0. The third-order valence-corrected chi connectivity index (χ3v) is 1.07. The zero-order chi connectivity index (χ0) is 7.23. The zero-order valence-corrected chi connectivity index (χ0v) is 5.91. The molecule has 0 amide bonds. The Bertz CT molecular complexity index is 162. The number of aromatic nitrogens is 2. The number of hydrogen-bond acceptors (Lipinski definition) is 4. The van der Waals surface area contributed by atoms with Gasteiger partial charge in [-0.2, -0.15) is 0 Å². The van der Waals surface area contributed by atoms with Crippen molar-refractivity contribution in [1.29, 1.82) is 0 Å². The highest BCUT2D eigenvalue weighted by Crippen LogP contribution is 1.92. The van der Waals surface area contributed by atoms with Gasteiger partial charge in [-0.1, -0.05) is 0 Å². The molecule has 1 rings (SSSR count). The van der Waals surface area contributed by atoms with Gasteiger partial charge in [0, 0.05) is 13.0 Å². The minimum absolute atomic E-state index is 0.633. The van der Waals surface area contributed by atoms with Gasteiger partial charge in [0.1, 0.15) is 0 Å². The maximum absolute atomic E-state index is 5.08. The van der Waals surface area contributed by atoms with E-state index in [9.17, 15) is 0 Å². The molecule has 10 heavy (non-hydrogen) atoms. The Morgan fingerprint density at radius 3 is 3.20 bits per heavy atom. The van der Waals surface area contributed by atoms with Crippen LogP contribution in [0.25, 0.3) is 0 Å². The van der Waals surface area contributed by atoms with Crippen LogP contribution in [0.3, 0.4) is 0 Å². The maximum Gasteiger partial charge on any atom is 0.218 e. The summed E-state index contributed by atoms with van der Waals surface area (Å²) in [5.74, 6) is 0.633. The molecule has 0 saturated heterocycles. The maximum atomic E-state index is 5.08. The van der Waals surface area contributed by atoms with E-state index in [2.05, 4.69) is 10.2 Å². The van der Waals surface area contributed by atoms with Crippen molar-refractivity contribution in [3.05, 3.63) is 12.3 Å². The zero-order valence-electron chi connectivity index (χ0n) is 5.91. The first-order valence-corrected chi connectivity index (χ1v) is 3.26. The summed E-state index contributed by atoms with van der Waals surface area (Å²) < 4.78 is 9.96.